The Balaban J connectivity index is 1.37. The van der Waals surface area contributed by atoms with E-state index in [1.807, 2.05) is 29.5 Å². The molecule has 0 saturated carbocycles. The molecule has 1 heterocycles. The van der Waals surface area contributed by atoms with Gasteiger partial charge in [-0.2, -0.15) is 0 Å². The van der Waals surface area contributed by atoms with Gasteiger partial charge in [0.1, 0.15) is 0 Å². The van der Waals surface area contributed by atoms with E-state index in [2.05, 4.69) is 127 Å². The molecule has 45 heavy (non-hydrogen) atoms. The molecule has 0 bridgehead atoms. The number of rotatable bonds is 4. The summed E-state index contributed by atoms with van der Waals surface area (Å²) < 4.78 is 20.9. The van der Waals surface area contributed by atoms with Crippen LogP contribution in [0.5, 0.6) is 0 Å². The fourth-order valence-electron chi connectivity index (χ4n) is 6.94. The summed E-state index contributed by atoms with van der Waals surface area (Å²) in [5.41, 5.74) is 9.02. The summed E-state index contributed by atoms with van der Waals surface area (Å²) in [5.74, 6) is 0. The van der Waals surface area contributed by atoms with Gasteiger partial charge >= 0.3 is 0 Å². The minimum absolute atomic E-state index is 0.434. The van der Waals surface area contributed by atoms with Crippen LogP contribution in [0.1, 0.15) is 2.74 Å². The summed E-state index contributed by atoms with van der Waals surface area (Å²) in [7, 11) is 0. The number of hydrogen-bond acceptors (Lipinski definition) is 1. The molecule has 0 spiro atoms. The Bertz CT molecular complexity index is 2640. The Hall–Kier alpha value is -5.50. The van der Waals surface area contributed by atoms with Crippen molar-refractivity contribution >= 4 is 53.1 Å². The lowest BCUT2D eigenvalue weighted by atomic mass is 9.85. The van der Waals surface area contributed by atoms with Crippen molar-refractivity contribution in [2.75, 3.05) is 0 Å². The average Bonchev–Trinajstić information content (AvgIpc) is 3.52. The standard InChI is InChI=1S/C44H28S/c1-3-14-29(15-4-1)31-18-11-19-32(28-31)33-24-12-26-39-43-38(25-13-27-40(43)45-44(33)39)42-36-22-9-7-20-34(36)41(30-16-5-2-6-17-30)35-21-8-10-23-37(35)42/h1-28H/i20D,22D. The molecule has 8 aromatic carbocycles. The van der Waals surface area contributed by atoms with E-state index in [-0.39, 0.29) is 0 Å². The predicted molar refractivity (Wildman–Crippen MR) is 196 cm³/mol. The fraction of sp³-hybridized carbons (Fsp3) is 0. The van der Waals surface area contributed by atoms with Gasteiger partial charge in [0.25, 0.3) is 0 Å². The second-order valence-electron chi connectivity index (χ2n) is 11.4. The lowest BCUT2D eigenvalue weighted by Gasteiger charge is -2.18. The largest absolute Gasteiger partial charge is 0.135 e. The summed E-state index contributed by atoms with van der Waals surface area (Å²) in [6.45, 7) is 0. The fourth-order valence-corrected chi connectivity index (χ4v) is 8.21. The van der Waals surface area contributed by atoms with Gasteiger partial charge in [0, 0.05) is 20.2 Å². The Morgan fingerprint density at radius 1 is 0.378 bits per heavy atom. The molecular formula is C44H28S. The molecule has 1 heteroatoms. The molecule has 0 saturated heterocycles. The molecule has 0 aliphatic carbocycles. The van der Waals surface area contributed by atoms with E-state index in [1.165, 1.54) is 42.4 Å². The lowest BCUT2D eigenvalue weighted by Crippen LogP contribution is -1.91. The first-order chi connectivity index (χ1) is 23.2. The topological polar surface area (TPSA) is 0 Å². The normalized spacial score (nSPS) is 12.2. The predicted octanol–water partition coefficient (Wildman–Crippen LogP) is 13.0. The maximum absolute atomic E-state index is 9.28. The Morgan fingerprint density at radius 3 is 1.71 bits per heavy atom. The van der Waals surface area contributed by atoms with Gasteiger partial charge in [0.2, 0.25) is 0 Å². The number of hydrogen-bond donors (Lipinski definition) is 0. The molecule has 0 radical (unpaired) electrons. The van der Waals surface area contributed by atoms with Crippen molar-refractivity contribution in [1.82, 2.24) is 0 Å². The van der Waals surface area contributed by atoms with E-state index in [1.54, 1.807) is 12.1 Å². The zero-order valence-corrected chi connectivity index (χ0v) is 25.2. The van der Waals surface area contributed by atoms with Crippen LogP contribution in [0.3, 0.4) is 0 Å². The monoisotopic (exact) mass is 590 g/mol. The number of benzene rings is 8. The highest BCUT2D eigenvalue weighted by atomic mass is 32.1. The minimum atomic E-state index is 0.434. The first-order valence-corrected chi connectivity index (χ1v) is 16.1. The van der Waals surface area contributed by atoms with Crippen molar-refractivity contribution in [2.24, 2.45) is 0 Å². The van der Waals surface area contributed by atoms with Gasteiger partial charge < -0.3 is 0 Å². The van der Waals surface area contributed by atoms with Gasteiger partial charge in [-0.3, -0.25) is 0 Å². The van der Waals surface area contributed by atoms with E-state index in [4.69, 9.17) is 0 Å². The van der Waals surface area contributed by atoms with Gasteiger partial charge in [0.15, 0.2) is 0 Å². The smallest absolute Gasteiger partial charge is 0.0629 e. The number of fused-ring (bicyclic) bond motifs is 5. The average molecular weight is 591 g/mol. The Morgan fingerprint density at radius 2 is 0.933 bits per heavy atom. The molecule has 0 amide bonds. The summed E-state index contributed by atoms with van der Waals surface area (Å²) in [5, 5.41) is 6.25. The summed E-state index contributed by atoms with van der Waals surface area (Å²) >= 11 is 1.83. The van der Waals surface area contributed by atoms with Gasteiger partial charge in [-0.25, -0.2) is 0 Å². The molecule has 0 nitrogen and oxygen atoms in total. The molecule has 9 rings (SSSR count). The van der Waals surface area contributed by atoms with Crippen molar-refractivity contribution in [1.29, 1.82) is 0 Å². The van der Waals surface area contributed by atoms with E-state index in [9.17, 15) is 2.74 Å². The maximum atomic E-state index is 9.28. The minimum Gasteiger partial charge on any atom is -0.135 e. The van der Waals surface area contributed by atoms with Crippen LogP contribution in [0.2, 0.25) is 0 Å². The summed E-state index contributed by atoms with van der Waals surface area (Å²) in [6.07, 6.45) is 0. The third-order valence-electron chi connectivity index (χ3n) is 8.89. The highest BCUT2D eigenvalue weighted by Gasteiger charge is 2.20. The van der Waals surface area contributed by atoms with Gasteiger partial charge in [-0.05, 0) is 78.2 Å². The summed E-state index contributed by atoms with van der Waals surface area (Å²) in [6, 6.07) is 55.8. The van der Waals surface area contributed by atoms with Crippen LogP contribution in [-0.4, -0.2) is 0 Å². The molecule has 0 atom stereocenters. The van der Waals surface area contributed by atoms with Gasteiger partial charge in [-0.1, -0.05) is 158 Å². The molecular weight excluding hydrogens is 561 g/mol. The number of thiophene rings is 1. The lowest BCUT2D eigenvalue weighted by molar-refractivity contribution is 1.61. The van der Waals surface area contributed by atoms with Crippen LogP contribution in [0.25, 0.3) is 86.2 Å². The third-order valence-corrected chi connectivity index (χ3v) is 10.1. The van der Waals surface area contributed by atoms with Crippen molar-refractivity contribution in [3.8, 4) is 44.5 Å². The maximum Gasteiger partial charge on any atom is 0.0629 e. The SMILES string of the molecule is [2H]c1ccc([2H])c2c(-c3cccc4sc5c(-c6cccc(-c7ccccc7)c6)cccc5c34)c3ccccc3c(-c3ccccc3)c12. The molecule has 1 aromatic heterocycles. The molecule has 210 valence electrons. The van der Waals surface area contributed by atoms with Gasteiger partial charge in [-0.15, -0.1) is 11.3 Å². The van der Waals surface area contributed by atoms with Crippen molar-refractivity contribution in [3.05, 3.63) is 170 Å². The molecule has 0 N–H and O–H groups in total. The Labute approximate surface area is 269 Å². The van der Waals surface area contributed by atoms with Crippen molar-refractivity contribution in [3.63, 3.8) is 0 Å². The first kappa shape index (κ1) is 23.9. The second kappa shape index (κ2) is 10.6. The van der Waals surface area contributed by atoms with Crippen molar-refractivity contribution in [2.45, 2.75) is 0 Å². The van der Waals surface area contributed by atoms with E-state index in [0.717, 1.165) is 43.8 Å². The van der Waals surface area contributed by atoms with Crippen LogP contribution < -0.4 is 0 Å². The summed E-state index contributed by atoms with van der Waals surface area (Å²) in [4.78, 5) is 0. The Kier molecular flexibility index (Phi) is 5.62. The molecule has 0 aliphatic rings. The van der Waals surface area contributed by atoms with E-state index >= 15 is 0 Å². The van der Waals surface area contributed by atoms with Crippen molar-refractivity contribution < 1.29 is 2.74 Å². The molecule has 0 fully saturated rings. The van der Waals surface area contributed by atoms with Crippen LogP contribution in [0.4, 0.5) is 0 Å². The van der Waals surface area contributed by atoms with Gasteiger partial charge in [0.05, 0.1) is 2.74 Å². The highest BCUT2D eigenvalue weighted by Crippen LogP contribution is 2.49. The van der Waals surface area contributed by atoms with Crippen LogP contribution >= 0.6 is 11.3 Å². The second-order valence-corrected chi connectivity index (χ2v) is 12.5. The highest BCUT2D eigenvalue weighted by molar-refractivity contribution is 7.26. The molecule has 0 unspecified atom stereocenters. The van der Waals surface area contributed by atoms with E-state index in [0.29, 0.717) is 12.1 Å². The molecule has 0 aliphatic heterocycles. The quantitative estimate of drug-likeness (QED) is 0.179. The first-order valence-electron chi connectivity index (χ1n) is 16.3. The van der Waals surface area contributed by atoms with Crippen LogP contribution in [0, 0.1) is 0 Å². The third kappa shape index (κ3) is 4.20. The zero-order chi connectivity index (χ0) is 31.5. The zero-order valence-electron chi connectivity index (χ0n) is 26.4. The molecule has 9 aromatic rings. The van der Waals surface area contributed by atoms with E-state index < -0.39 is 0 Å². The van der Waals surface area contributed by atoms with Crippen LogP contribution in [-0.2, 0) is 0 Å². The van der Waals surface area contributed by atoms with Crippen LogP contribution in [0.15, 0.2) is 170 Å².